The molecule has 356 valence electrons. The molecular formula is C53H70N2O11+2. The molecule has 2 aliphatic heterocycles. The topological polar surface area (TPSA) is 117 Å². The quantitative estimate of drug-likeness (QED) is 0.0370. The van der Waals surface area contributed by atoms with E-state index in [1.54, 1.807) is 49.8 Å². The van der Waals surface area contributed by atoms with Crippen molar-refractivity contribution in [3.05, 3.63) is 111 Å². The van der Waals surface area contributed by atoms with Crippen LogP contribution in [-0.4, -0.2) is 124 Å². The van der Waals surface area contributed by atoms with Gasteiger partial charge in [0.2, 0.25) is 5.75 Å². The van der Waals surface area contributed by atoms with Gasteiger partial charge in [0.1, 0.15) is 23.6 Å². The number of likely N-dealkylation sites (N-methyl/N-ethyl adjacent to an activating group) is 2. The Bertz CT molecular complexity index is 2390. The van der Waals surface area contributed by atoms with Crippen molar-refractivity contribution >= 4 is 11.9 Å². The Morgan fingerprint density at radius 3 is 1.70 bits per heavy atom. The first-order valence-corrected chi connectivity index (χ1v) is 22.7. The SMILES string of the molecule is COc1ccc(C2c3c(cc(C)c(C)c3OC)CC[N+]2(C)CCCOC(=O)/C=C\C(=O)OCCC[N+]2(C)CCc3cc(OC)c(OC)cc3C2Cc2cc(OC)c(OC)c(OC)c2)cc1C. The van der Waals surface area contributed by atoms with Crippen molar-refractivity contribution in [1.29, 1.82) is 0 Å². The second-order valence-corrected chi connectivity index (χ2v) is 17.9. The van der Waals surface area contributed by atoms with Crippen LogP contribution in [0.3, 0.4) is 0 Å². The summed E-state index contributed by atoms with van der Waals surface area (Å²) in [7, 11) is 16.1. The fourth-order valence-corrected chi connectivity index (χ4v) is 10.2. The van der Waals surface area contributed by atoms with Gasteiger partial charge in [-0.2, -0.15) is 0 Å². The van der Waals surface area contributed by atoms with E-state index in [0.29, 0.717) is 52.5 Å². The molecule has 0 amide bonds. The minimum Gasteiger partial charge on any atom is -0.496 e. The van der Waals surface area contributed by atoms with E-state index in [0.717, 1.165) is 83.8 Å². The highest BCUT2D eigenvalue weighted by Crippen LogP contribution is 2.48. The summed E-state index contributed by atoms with van der Waals surface area (Å²) in [5.74, 6) is 3.69. The molecule has 0 spiro atoms. The third kappa shape index (κ3) is 10.5. The number of quaternary nitrogens is 2. The molecule has 0 saturated carbocycles. The summed E-state index contributed by atoms with van der Waals surface area (Å²) in [6, 6.07) is 16.9. The number of hydrogen-bond acceptors (Lipinski definition) is 11. The maximum atomic E-state index is 12.9. The Morgan fingerprint density at radius 2 is 1.14 bits per heavy atom. The molecule has 4 aromatic rings. The summed E-state index contributed by atoms with van der Waals surface area (Å²) < 4.78 is 52.8. The molecular weight excluding hydrogens is 841 g/mol. The van der Waals surface area contributed by atoms with Crippen LogP contribution in [0.25, 0.3) is 0 Å². The molecule has 0 saturated heterocycles. The Hall–Kier alpha value is -5.92. The molecule has 4 atom stereocenters. The summed E-state index contributed by atoms with van der Waals surface area (Å²) in [5.41, 5.74) is 10.5. The number of nitrogens with zero attached hydrogens (tertiary/aromatic N) is 2. The molecule has 0 N–H and O–H groups in total. The number of benzene rings is 4. The van der Waals surface area contributed by atoms with Crippen LogP contribution in [-0.2, 0) is 38.3 Å². The van der Waals surface area contributed by atoms with Crippen molar-refractivity contribution in [2.75, 3.05) is 103 Å². The third-order valence-corrected chi connectivity index (χ3v) is 13.9. The van der Waals surface area contributed by atoms with E-state index in [1.807, 2.05) is 18.2 Å². The van der Waals surface area contributed by atoms with Crippen LogP contribution >= 0.6 is 0 Å². The van der Waals surface area contributed by atoms with Crippen molar-refractivity contribution in [3.63, 3.8) is 0 Å². The number of rotatable bonds is 20. The number of esters is 2. The summed E-state index contributed by atoms with van der Waals surface area (Å²) in [6.45, 7) is 10.0. The van der Waals surface area contributed by atoms with Crippen LogP contribution < -0.4 is 33.2 Å². The van der Waals surface area contributed by atoms with E-state index in [-0.39, 0.29) is 25.3 Å². The molecule has 13 heteroatoms. The van der Waals surface area contributed by atoms with Crippen LogP contribution in [0.5, 0.6) is 40.2 Å². The second kappa shape index (κ2) is 21.6. The number of hydrogen-bond donors (Lipinski definition) is 0. The minimum absolute atomic E-state index is 0.00786. The van der Waals surface area contributed by atoms with Crippen LogP contribution in [0.15, 0.2) is 60.7 Å². The number of carbonyl (C=O) groups excluding carboxylic acids is 2. The Kier molecular flexibility index (Phi) is 16.2. The van der Waals surface area contributed by atoms with Crippen LogP contribution in [0, 0.1) is 20.8 Å². The minimum atomic E-state index is -0.591. The Morgan fingerprint density at radius 1 is 0.591 bits per heavy atom. The molecule has 0 radical (unpaired) electrons. The molecule has 4 unspecified atom stereocenters. The van der Waals surface area contributed by atoms with E-state index >= 15 is 0 Å². The average Bonchev–Trinajstić information content (AvgIpc) is 3.31. The number of ether oxygens (including phenoxy) is 9. The normalized spacial score (nSPS) is 19.9. The first-order valence-electron chi connectivity index (χ1n) is 22.7. The lowest BCUT2D eigenvalue weighted by Crippen LogP contribution is -2.52. The predicted octanol–water partition coefficient (Wildman–Crippen LogP) is 8.17. The summed E-state index contributed by atoms with van der Waals surface area (Å²) in [4.78, 5) is 25.7. The standard InChI is InChI=1S/C53H70N2O11/c1-34-27-39-20-24-55(5,51(50(39)52(63-11)36(34)3)40-15-16-43(58-6)35(2)28-40)22-14-26-66-49(57)18-17-48(56)65-25-13-21-54(4)23-19-38-32-44(59-7)45(60-8)33-41(38)42(54)29-37-30-46(61-9)53(64-12)47(31-37)62-10/h15-18,27-28,30-33,42,51H,13-14,19-26,29H2,1-12H3/q+2/b18-17-. The maximum absolute atomic E-state index is 12.9. The first-order chi connectivity index (χ1) is 31.7. The van der Waals surface area contributed by atoms with Gasteiger partial charge < -0.3 is 51.6 Å². The second-order valence-electron chi connectivity index (χ2n) is 17.9. The predicted molar refractivity (Wildman–Crippen MR) is 254 cm³/mol. The lowest BCUT2D eigenvalue weighted by molar-refractivity contribution is -0.941. The van der Waals surface area contributed by atoms with Crippen LogP contribution in [0.4, 0.5) is 0 Å². The van der Waals surface area contributed by atoms with E-state index in [2.05, 4.69) is 65.2 Å². The van der Waals surface area contributed by atoms with Gasteiger partial charge in [0.25, 0.3) is 0 Å². The smallest absolute Gasteiger partial charge is 0.331 e. The highest BCUT2D eigenvalue weighted by atomic mass is 16.5. The highest BCUT2D eigenvalue weighted by Gasteiger charge is 2.43. The van der Waals surface area contributed by atoms with E-state index in [9.17, 15) is 9.59 Å². The molecule has 0 aromatic heterocycles. The molecule has 13 nitrogen and oxygen atoms in total. The first kappa shape index (κ1) is 49.5. The lowest BCUT2D eigenvalue weighted by atomic mass is 9.82. The molecule has 4 aromatic carbocycles. The van der Waals surface area contributed by atoms with Gasteiger partial charge in [-0.25, -0.2) is 9.59 Å². The van der Waals surface area contributed by atoms with Crippen molar-refractivity contribution in [2.24, 2.45) is 0 Å². The fraction of sp³-hybridized carbons (Fsp3) is 0.472. The van der Waals surface area contributed by atoms with Gasteiger partial charge in [0.05, 0.1) is 109 Å². The molecule has 0 aliphatic carbocycles. The molecule has 2 heterocycles. The van der Waals surface area contributed by atoms with Gasteiger partial charge in [-0.1, -0.05) is 6.07 Å². The average molecular weight is 911 g/mol. The Labute approximate surface area is 391 Å². The van der Waals surface area contributed by atoms with Gasteiger partial charge in [0, 0.05) is 55.4 Å². The van der Waals surface area contributed by atoms with Crippen molar-refractivity contribution < 1.29 is 61.2 Å². The molecule has 66 heavy (non-hydrogen) atoms. The highest BCUT2D eigenvalue weighted by molar-refractivity contribution is 5.91. The zero-order valence-corrected chi connectivity index (χ0v) is 41.1. The largest absolute Gasteiger partial charge is 0.496 e. The van der Waals surface area contributed by atoms with Crippen LogP contribution in [0.1, 0.15) is 75.0 Å². The van der Waals surface area contributed by atoms with E-state index in [4.69, 9.17) is 42.6 Å². The Balaban J connectivity index is 1.06. The third-order valence-electron chi connectivity index (χ3n) is 13.9. The zero-order valence-electron chi connectivity index (χ0n) is 41.1. The van der Waals surface area contributed by atoms with Gasteiger partial charge in [-0.15, -0.1) is 0 Å². The molecule has 0 fully saturated rings. The van der Waals surface area contributed by atoms with Gasteiger partial charge >= 0.3 is 11.9 Å². The summed E-state index contributed by atoms with van der Waals surface area (Å²) in [6.07, 6.45) is 5.97. The molecule has 2 aliphatic rings. The van der Waals surface area contributed by atoms with E-state index < -0.39 is 11.9 Å². The number of aryl methyl sites for hydroxylation is 2. The summed E-state index contributed by atoms with van der Waals surface area (Å²) >= 11 is 0. The maximum Gasteiger partial charge on any atom is 0.331 e. The molecule has 6 rings (SSSR count). The van der Waals surface area contributed by atoms with Crippen molar-refractivity contribution in [1.82, 2.24) is 0 Å². The molecule has 0 bridgehead atoms. The van der Waals surface area contributed by atoms with Gasteiger partial charge in [-0.3, -0.25) is 0 Å². The van der Waals surface area contributed by atoms with Gasteiger partial charge in [0.15, 0.2) is 23.0 Å². The number of carbonyl (C=O) groups is 2. The monoisotopic (exact) mass is 910 g/mol. The van der Waals surface area contributed by atoms with E-state index in [1.165, 1.54) is 33.4 Å². The van der Waals surface area contributed by atoms with Gasteiger partial charge in [-0.05, 0) is 96.6 Å². The lowest BCUT2D eigenvalue weighted by Gasteiger charge is -2.46. The van der Waals surface area contributed by atoms with Crippen LogP contribution in [0.2, 0.25) is 0 Å². The van der Waals surface area contributed by atoms with Crippen molar-refractivity contribution in [3.8, 4) is 40.2 Å². The number of fused-ring (bicyclic) bond motifs is 2. The fourth-order valence-electron chi connectivity index (χ4n) is 10.2. The summed E-state index contributed by atoms with van der Waals surface area (Å²) in [5, 5.41) is 0. The van der Waals surface area contributed by atoms with Crippen molar-refractivity contribution in [2.45, 2.75) is 65.0 Å². The zero-order chi connectivity index (χ0) is 47.8. The number of methoxy groups -OCH3 is 7.